The summed E-state index contributed by atoms with van der Waals surface area (Å²) in [5, 5.41) is 0. The highest BCUT2D eigenvalue weighted by molar-refractivity contribution is 5.47. The second-order valence-corrected chi connectivity index (χ2v) is 5.76. The first kappa shape index (κ1) is 14.0. The Morgan fingerprint density at radius 3 is 2.67 bits per heavy atom. The number of aromatic nitrogens is 2. The lowest BCUT2D eigenvalue weighted by Crippen LogP contribution is -2.27. The molecule has 1 aromatic carbocycles. The number of hydrogen-bond donors (Lipinski definition) is 2. The van der Waals surface area contributed by atoms with Crippen molar-refractivity contribution in [2.24, 2.45) is 5.84 Å². The van der Waals surface area contributed by atoms with E-state index in [-0.39, 0.29) is 5.41 Å². The zero-order valence-corrected chi connectivity index (χ0v) is 12.4. The number of hydrogen-bond acceptors (Lipinski definition) is 5. The normalized spacial score (nSPS) is 14.6. The Kier molecular flexibility index (Phi) is 3.61. The van der Waals surface area contributed by atoms with Gasteiger partial charge in [0.2, 0.25) is 0 Å². The van der Waals surface area contributed by atoms with Crippen LogP contribution in [0.3, 0.4) is 0 Å². The van der Waals surface area contributed by atoms with Crippen LogP contribution < -0.4 is 11.3 Å². The molecule has 0 saturated heterocycles. The van der Waals surface area contributed by atoms with Crippen LogP contribution in [0, 0.1) is 0 Å². The van der Waals surface area contributed by atoms with Crippen molar-refractivity contribution in [2.75, 3.05) is 12.0 Å². The number of nitrogens with one attached hydrogen (secondary N) is 1. The molecule has 1 aliphatic rings. The molecule has 3 N–H and O–H groups in total. The van der Waals surface area contributed by atoms with Crippen LogP contribution >= 0.6 is 0 Å². The van der Waals surface area contributed by atoms with Gasteiger partial charge in [0, 0.05) is 17.4 Å². The Morgan fingerprint density at radius 1 is 1.19 bits per heavy atom. The van der Waals surface area contributed by atoms with E-state index in [4.69, 9.17) is 15.6 Å². The topological polar surface area (TPSA) is 73.1 Å². The molecule has 0 atom stereocenters. The number of nitrogens with two attached hydrogens (primary N) is 1. The van der Waals surface area contributed by atoms with E-state index >= 15 is 0 Å². The lowest BCUT2D eigenvalue weighted by atomic mass is 9.83. The van der Waals surface area contributed by atoms with Gasteiger partial charge in [0.1, 0.15) is 11.6 Å². The number of ether oxygens (including phenoxy) is 1. The molecule has 2 heterocycles. The van der Waals surface area contributed by atoms with Crippen molar-refractivity contribution in [1.29, 1.82) is 0 Å². The van der Waals surface area contributed by atoms with Gasteiger partial charge in [0.25, 0.3) is 0 Å². The van der Waals surface area contributed by atoms with E-state index in [1.54, 1.807) is 0 Å². The maximum atomic E-state index is 5.63. The van der Waals surface area contributed by atoms with E-state index < -0.39 is 0 Å². The van der Waals surface area contributed by atoms with Crippen LogP contribution in [0.1, 0.15) is 36.5 Å². The molecule has 5 nitrogen and oxygen atoms in total. The standard InChI is InChI=1S/C16H20N4O/c1-16(2,11-6-4-3-5-7-11)15-18-13-8-9-21-10-12(13)14(19-15)20-17/h3-7H,8-10,17H2,1-2H3,(H,18,19,20). The first-order valence-electron chi connectivity index (χ1n) is 7.13. The number of nitrogen functional groups attached to an aromatic ring is 1. The van der Waals surface area contributed by atoms with Crippen LogP contribution in [-0.4, -0.2) is 16.6 Å². The Balaban J connectivity index is 2.10. The molecule has 0 radical (unpaired) electrons. The summed E-state index contributed by atoms with van der Waals surface area (Å²) in [7, 11) is 0. The van der Waals surface area contributed by atoms with Gasteiger partial charge in [-0.05, 0) is 19.4 Å². The minimum Gasteiger partial charge on any atom is -0.376 e. The molecule has 3 rings (SSSR count). The molecule has 5 heteroatoms. The molecule has 110 valence electrons. The Labute approximate surface area is 124 Å². The number of nitrogens with zero attached hydrogens (tertiary/aromatic N) is 2. The van der Waals surface area contributed by atoms with Gasteiger partial charge >= 0.3 is 0 Å². The Morgan fingerprint density at radius 2 is 1.95 bits per heavy atom. The summed E-state index contributed by atoms with van der Waals surface area (Å²) >= 11 is 0. The smallest absolute Gasteiger partial charge is 0.149 e. The molecule has 21 heavy (non-hydrogen) atoms. The van der Waals surface area contributed by atoms with Crippen molar-refractivity contribution < 1.29 is 4.74 Å². The van der Waals surface area contributed by atoms with Gasteiger partial charge in [-0.25, -0.2) is 15.8 Å². The molecule has 0 unspecified atom stereocenters. The van der Waals surface area contributed by atoms with E-state index in [1.807, 2.05) is 18.2 Å². The largest absolute Gasteiger partial charge is 0.376 e. The molecule has 0 saturated carbocycles. The van der Waals surface area contributed by atoms with Gasteiger partial charge in [-0.1, -0.05) is 30.3 Å². The number of hydrazine groups is 1. The highest BCUT2D eigenvalue weighted by Gasteiger charge is 2.29. The van der Waals surface area contributed by atoms with Crippen LogP contribution in [0.25, 0.3) is 0 Å². The molecule has 0 bridgehead atoms. The lowest BCUT2D eigenvalue weighted by Gasteiger charge is -2.27. The van der Waals surface area contributed by atoms with Crippen LogP contribution in [0.4, 0.5) is 5.82 Å². The summed E-state index contributed by atoms with van der Waals surface area (Å²) in [4.78, 5) is 9.41. The summed E-state index contributed by atoms with van der Waals surface area (Å²) in [6.07, 6.45) is 0.796. The van der Waals surface area contributed by atoms with Crippen molar-refractivity contribution in [3.8, 4) is 0 Å². The quantitative estimate of drug-likeness (QED) is 0.667. The summed E-state index contributed by atoms with van der Waals surface area (Å²) in [5.41, 5.74) is 5.59. The van der Waals surface area contributed by atoms with Crippen molar-refractivity contribution in [3.05, 3.63) is 53.0 Å². The molecule has 2 aromatic rings. The number of fused-ring (bicyclic) bond motifs is 1. The van der Waals surface area contributed by atoms with Crippen molar-refractivity contribution in [3.63, 3.8) is 0 Å². The Bertz CT molecular complexity index is 623. The van der Waals surface area contributed by atoms with Crippen LogP contribution in [0.2, 0.25) is 0 Å². The second kappa shape index (κ2) is 5.42. The van der Waals surface area contributed by atoms with E-state index in [9.17, 15) is 0 Å². The third-order valence-corrected chi connectivity index (χ3v) is 4.01. The number of benzene rings is 1. The fourth-order valence-electron chi connectivity index (χ4n) is 2.61. The molecule has 0 aliphatic carbocycles. The molecular weight excluding hydrogens is 264 g/mol. The maximum Gasteiger partial charge on any atom is 0.149 e. The van der Waals surface area contributed by atoms with Gasteiger partial charge in [-0.15, -0.1) is 0 Å². The number of rotatable bonds is 3. The monoisotopic (exact) mass is 284 g/mol. The lowest BCUT2D eigenvalue weighted by molar-refractivity contribution is 0.109. The average molecular weight is 284 g/mol. The molecule has 0 fully saturated rings. The number of anilines is 1. The highest BCUT2D eigenvalue weighted by Crippen LogP contribution is 2.31. The fraction of sp³-hybridized carbons (Fsp3) is 0.375. The third-order valence-electron chi connectivity index (χ3n) is 4.01. The zero-order valence-electron chi connectivity index (χ0n) is 12.4. The maximum absolute atomic E-state index is 5.63. The van der Waals surface area contributed by atoms with E-state index in [0.717, 1.165) is 23.5 Å². The summed E-state index contributed by atoms with van der Waals surface area (Å²) < 4.78 is 5.47. The summed E-state index contributed by atoms with van der Waals surface area (Å²) in [5.74, 6) is 7.07. The van der Waals surface area contributed by atoms with Gasteiger partial charge in [0.05, 0.1) is 18.9 Å². The molecule has 0 spiro atoms. The minimum atomic E-state index is -0.278. The van der Waals surface area contributed by atoms with Crippen LogP contribution in [0.15, 0.2) is 30.3 Å². The van der Waals surface area contributed by atoms with Gasteiger partial charge < -0.3 is 10.2 Å². The predicted octanol–water partition coefficient (Wildman–Crippen LogP) is 2.16. The third kappa shape index (κ3) is 2.50. The predicted molar refractivity (Wildman–Crippen MR) is 81.8 cm³/mol. The average Bonchev–Trinajstić information content (AvgIpc) is 2.54. The highest BCUT2D eigenvalue weighted by atomic mass is 16.5. The first-order valence-corrected chi connectivity index (χ1v) is 7.13. The van der Waals surface area contributed by atoms with Crippen molar-refractivity contribution in [1.82, 2.24) is 9.97 Å². The zero-order chi connectivity index (χ0) is 14.9. The van der Waals surface area contributed by atoms with Crippen LogP contribution in [0.5, 0.6) is 0 Å². The molecule has 0 amide bonds. The van der Waals surface area contributed by atoms with E-state index in [1.165, 1.54) is 5.56 Å². The minimum absolute atomic E-state index is 0.278. The van der Waals surface area contributed by atoms with Gasteiger partial charge in [-0.2, -0.15) is 0 Å². The fourth-order valence-corrected chi connectivity index (χ4v) is 2.61. The molecular formula is C16H20N4O. The second-order valence-electron chi connectivity index (χ2n) is 5.76. The first-order chi connectivity index (χ1) is 10.1. The summed E-state index contributed by atoms with van der Waals surface area (Å²) in [6, 6.07) is 10.3. The SMILES string of the molecule is CC(C)(c1ccccc1)c1nc2c(c(NN)n1)COCC2. The van der Waals surface area contributed by atoms with Gasteiger partial charge in [0.15, 0.2) is 0 Å². The van der Waals surface area contributed by atoms with Crippen molar-refractivity contribution in [2.45, 2.75) is 32.3 Å². The van der Waals surface area contributed by atoms with E-state index in [2.05, 4.69) is 36.4 Å². The van der Waals surface area contributed by atoms with Crippen molar-refractivity contribution >= 4 is 5.82 Å². The van der Waals surface area contributed by atoms with E-state index in [0.29, 0.717) is 19.0 Å². The molecule has 1 aliphatic heterocycles. The van der Waals surface area contributed by atoms with Gasteiger partial charge in [-0.3, -0.25) is 0 Å². The Hall–Kier alpha value is -1.98. The van der Waals surface area contributed by atoms with Crippen LogP contribution in [-0.2, 0) is 23.2 Å². The molecule has 1 aromatic heterocycles. The summed E-state index contributed by atoms with van der Waals surface area (Å²) in [6.45, 7) is 5.47.